The van der Waals surface area contributed by atoms with Crippen LogP contribution in [0.4, 0.5) is 14.9 Å². The minimum Gasteiger partial charge on any atom is -0.480 e. The summed E-state index contributed by atoms with van der Waals surface area (Å²) in [6, 6.07) is 1.46. The van der Waals surface area contributed by atoms with Crippen molar-refractivity contribution in [1.29, 1.82) is 0 Å². The Labute approximate surface area is 130 Å². The number of piperidine rings is 1. The Bertz CT molecular complexity index is 580. The number of rotatable bonds is 2. The summed E-state index contributed by atoms with van der Waals surface area (Å²) in [4.78, 5) is 24.7. The Morgan fingerprint density at radius 1 is 1.43 bits per heavy atom. The van der Waals surface area contributed by atoms with Crippen molar-refractivity contribution < 1.29 is 19.1 Å². The molecule has 1 aliphatic rings. The van der Waals surface area contributed by atoms with Gasteiger partial charge in [0.15, 0.2) is 0 Å². The topological polar surface area (TPSA) is 69.6 Å². The fraction of sp³-hybridized carbons (Fsp3) is 0.429. The molecular weight excluding hydrogens is 343 g/mol. The van der Waals surface area contributed by atoms with Gasteiger partial charge < -0.3 is 15.3 Å². The number of aryl methyl sites for hydroxylation is 1. The minimum atomic E-state index is -1.01. The Kier molecular flexibility index (Phi) is 4.82. The van der Waals surface area contributed by atoms with Crippen LogP contribution in [0.5, 0.6) is 0 Å². The molecule has 0 saturated carbocycles. The highest BCUT2D eigenvalue weighted by Gasteiger charge is 2.32. The van der Waals surface area contributed by atoms with Crippen LogP contribution < -0.4 is 5.32 Å². The molecule has 5 nitrogen and oxygen atoms in total. The van der Waals surface area contributed by atoms with E-state index in [9.17, 15) is 19.1 Å². The van der Waals surface area contributed by atoms with Gasteiger partial charge in [0.1, 0.15) is 11.9 Å². The molecule has 2 N–H and O–H groups in total. The monoisotopic (exact) mass is 358 g/mol. The van der Waals surface area contributed by atoms with Gasteiger partial charge in [-0.15, -0.1) is 0 Å². The lowest BCUT2D eigenvalue weighted by Crippen LogP contribution is -2.49. The maximum Gasteiger partial charge on any atom is 0.326 e. The predicted octanol–water partition coefficient (Wildman–Crippen LogP) is 3.37. The molecule has 2 rings (SSSR count). The summed E-state index contributed by atoms with van der Waals surface area (Å²) in [6.45, 7) is 2.13. The molecule has 2 amide bonds. The van der Waals surface area contributed by atoms with Crippen LogP contribution >= 0.6 is 15.9 Å². The zero-order valence-corrected chi connectivity index (χ0v) is 13.1. The van der Waals surface area contributed by atoms with Crippen molar-refractivity contribution in [1.82, 2.24) is 4.90 Å². The molecule has 1 heterocycles. The van der Waals surface area contributed by atoms with Gasteiger partial charge in [0, 0.05) is 12.2 Å². The molecule has 1 atom stereocenters. The van der Waals surface area contributed by atoms with Gasteiger partial charge in [0.05, 0.1) is 4.47 Å². The number of carboxylic acid groups (broad SMARTS) is 1. The molecule has 1 aliphatic heterocycles. The number of aliphatic carboxylic acids is 1. The molecule has 0 aromatic heterocycles. The van der Waals surface area contributed by atoms with Crippen LogP contribution in [-0.4, -0.2) is 34.6 Å². The molecule has 1 aromatic carbocycles. The van der Waals surface area contributed by atoms with Crippen LogP contribution in [0.3, 0.4) is 0 Å². The second kappa shape index (κ2) is 6.43. The number of nitrogens with zero attached hydrogens (tertiary/aromatic N) is 1. The highest BCUT2D eigenvalue weighted by Crippen LogP contribution is 2.25. The molecule has 1 fully saturated rings. The largest absolute Gasteiger partial charge is 0.480 e. The fourth-order valence-corrected chi connectivity index (χ4v) is 2.86. The van der Waals surface area contributed by atoms with Gasteiger partial charge >= 0.3 is 12.0 Å². The molecular formula is C14H16BrFN2O3. The first-order valence-corrected chi connectivity index (χ1v) is 7.45. The number of carbonyl (C=O) groups excluding carboxylic acids is 1. The number of nitrogens with one attached hydrogen (secondary N) is 1. The number of amides is 2. The van der Waals surface area contributed by atoms with Crippen molar-refractivity contribution in [3.63, 3.8) is 0 Å². The molecule has 0 spiro atoms. The summed E-state index contributed by atoms with van der Waals surface area (Å²) in [7, 11) is 0. The number of urea groups is 1. The third-order valence-electron chi connectivity index (χ3n) is 3.56. The van der Waals surface area contributed by atoms with E-state index >= 15 is 0 Å². The summed E-state index contributed by atoms with van der Waals surface area (Å²) in [5.41, 5.74) is 1.04. The third kappa shape index (κ3) is 3.53. The lowest BCUT2D eigenvalue weighted by Gasteiger charge is -2.33. The average Bonchev–Trinajstić information content (AvgIpc) is 2.44. The number of carboxylic acids is 1. The van der Waals surface area contributed by atoms with Gasteiger partial charge in [-0.2, -0.15) is 0 Å². The lowest BCUT2D eigenvalue weighted by molar-refractivity contribution is -0.143. The molecule has 1 unspecified atom stereocenters. The number of carbonyl (C=O) groups is 2. The minimum absolute atomic E-state index is 0.319. The van der Waals surface area contributed by atoms with Crippen LogP contribution in [0.1, 0.15) is 24.8 Å². The quantitative estimate of drug-likeness (QED) is 0.851. The summed E-state index contributed by atoms with van der Waals surface area (Å²) in [5, 5.41) is 11.8. The van der Waals surface area contributed by atoms with Gasteiger partial charge in [-0.3, -0.25) is 0 Å². The van der Waals surface area contributed by atoms with E-state index in [4.69, 9.17) is 0 Å². The highest BCUT2D eigenvalue weighted by atomic mass is 79.9. The highest BCUT2D eigenvalue weighted by molar-refractivity contribution is 9.10. The number of hydrogen-bond donors (Lipinski definition) is 2. The summed E-state index contributed by atoms with van der Waals surface area (Å²) < 4.78 is 13.9. The standard InChI is InChI=1S/C14H16BrFN2O3/c1-8-6-9(15)10(16)7-11(8)17-14(21)18-5-3-2-4-12(18)13(19)20/h6-7,12H,2-5H2,1H3,(H,17,21)(H,19,20). The number of benzene rings is 1. The predicted molar refractivity (Wildman–Crippen MR) is 79.8 cm³/mol. The van der Waals surface area contributed by atoms with E-state index < -0.39 is 23.9 Å². The fourth-order valence-electron chi connectivity index (χ4n) is 2.40. The van der Waals surface area contributed by atoms with Crippen LogP contribution in [0.15, 0.2) is 16.6 Å². The van der Waals surface area contributed by atoms with Crippen molar-refractivity contribution in [2.75, 3.05) is 11.9 Å². The first kappa shape index (κ1) is 15.8. The van der Waals surface area contributed by atoms with Crippen molar-refractivity contribution >= 4 is 33.6 Å². The van der Waals surface area contributed by atoms with Gasteiger partial charge in [-0.05, 0) is 59.8 Å². The first-order valence-electron chi connectivity index (χ1n) is 6.66. The van der Waals surface area contributed by atoms with E-state index in [2.05, 4.69) is 21.2 Å². The van der Waals surface area contributed by atoms with Gasteiger partial charge in [-0.25, -0.2) is 14.0 Å². The lowest BCUT2D eigenvalue weighted by atomic mass is 10.0. The second-order valence-corrected chi connectivity index (χ2v) is 5.91. The smallest absolute Gasteiger partial charge is 0.326 e. The van der Waals surface area contributed by atoms with Crippen molar-refractivity contribution in [3.05, 3.63) is 28.0 Å². The SMILES string of the molecule is Cc1cc(Br)c(F)cc1NC(=O)N1CCCCC1C(=O)O. The van der Waals surface area contributed by atoms with Crippen molar-refractivity contribution in [3.8, 4) is 0 Å². The zero-order chi connectivity index (χ0) is 15.6. The molecule has 0 bridgehead atoms. The van der Waals surface area contributed by atoms with E-state index in [1.165, 1.54) is 11.0 Å². The summed E-state index contributed by atoms with van der Waals surface area (Å²) in [6.07, 6.45) is 1.99. The van der Waals surface area contributed by atoms with E-state index in [1.54, 1.807) is 13.0 Å². The van der Waals surface area contributed by atoms with Crippen LogP contribution in [0.2, 0.25) is 0 Å². The van der Waals surface area contributed by atoms with E-state index in [0.717, 1.165) is 12.8 Å². The zero-order valence-electron chi connectivity index (χ0n) is 11.5. The van der Waals surface area contributed by atoms with Gasteiger partial charge in [0.25, 0.3) is 0 Å². The van der Waals surface area contributed by atoms with Crippen LogP contribution in [0, 0.1) is 12.7 Å². The Morgan fingerprint density at radius 3 is 2.81 bits per heavy atom. The molecule has 0 aliphatic carbocycles. The van der Waals surface area contributed by atoms with Crippen LogP contribution in [0.25, 0.3) is 0 Å². The summed E-state index contributed by atoms with van der Waals surface area (Å²) in [5.74, 6) is -1.49. The van der Waals surface area contributed by atoms with Gasteiger partial charge in [-0.1, -0.05) is 0 Å². The molecule has 21 heavy (non-hydrogen) atoms. The molecule has 114 valence electrons. The molecule has 1 saturated heterocycles. The summed E-state index contributed by atoms with van der Waals surface area (Å²) >= 11 is 3.08. The maximum atomic E-state index is 13.6. The molecule has 0 radical (unpaired) electrons. The molecule has 7 heteroatoms. The van der Waals surface area contributed by atoms with E-state index in [-0.39, 0.29) is 0 Å². The van der Waals surface area contributed by atoms with Gasteiger partial charge in [0.2, 0.25) is 0 Å². The number of hydrogen-bond acceptors (Lipinski definition) is 2. The van der Waals surface area contributed by atoms with E-state index in [1.807, 2.05) is 0 Å². The average molecular weight is 359 g/mol. The number of halogens is 2. The number of likely N-dealkylation sites (tertiary alicyclic amines) is 1. The Hall–Kier alpha value is -1.63. The normalized spacial score (nSPS) is 18.4. The van der Waals surface area contributed by atoms with Crippen molar-refractivity contribution in [2.45, 2.75) is 32.2 Å². The van der Waals surface area contributed by atoms with Crippen LogP contribution in [-0.2, 0) is 4.79 Å². The maximum absolute atomic E-state index is 13.6. The third-order valence-corrected chi connectivity index (χ3v) is 4.17. The first-order chi connectivity index (χ1) is 9.90. The van der Waals surface area contributed by atoms with E-state index in [0.29, 0.717) is 28.7 Å². The second-order valence-electron chi connectivity index (χ2n) is 5.05. The Morgan fingerprint density at radius 2 is 2.14 bits per heavy atom. The molecule has 1 aromatic rings. The van der Waals surface area contributed by atoms with Crippen molar-refractivity contribution in [2.24, 2.45) is 0 Å². The number of anilines is 1. The Balaban J connectivity index is 2.17.